The zero-order valence-corrected chi connectivity index (χ0v) is 17.5. The zero-order valence-electron chi connectivity index (χ0n) is 17.5. The highest BCUT2D eigenvalue weighted by atomic mass is 16.2. The minimum atomic E-state index is -0.272. The van der Waals surface area contributed by atoms with Crippen molar-refractivity contribution in [1.29, 1.82) is 0 Å². The van der Waals surface area contributed by atoms with Crippen LogP contribution in [0.25, 0.3) is 11.3 Å². The molecule has 1 aliphatic heterocycles. The van der Waals surface area contributed by atoms with Gasteiger partial charge < -0.3 is 15.5 Å². The highest BCUT2D eigenvalue weighted by Gasteiger charge is 2.18. The fraction of sp³-hybridized carbons (Fsp3) is 0.292. The second-order valence-electron chi connectivity index (χ2n) is 7.74. The summed E-state index contributed by atoms with van der Waals surface area (Å²) in [5.41, 5.74) is 5.60. The molecule has 0 spiro atoms. The van der Waals surface area contributed by atoms with Crippen LogP contribution in [-0.2, 0) is 0 Å². The third-order valence-corrected chi connectivity index (χ3v) is 5.49. The summed E-state index contributed by atoms with van der Waals surface area (Å²) in [6, 6.07) is 13.4. The molecule has 2 aromatic carbocycles. The van der Waals surface area contributed by atoms with Gasteiger partial charge in [-0.1, -0.05) is 18.2 Å². The predicted octanol–water partition coefficient (Wildman–Crippen LogP) is 5.39. The first kappa shape index (κ1) is 19.9. The fourth-order valence-electron chi connectivity index (χ4n) is 3.73. The quantitative estimate of drug-likeness (QED) is 0.614. The molecule has 0 saturated carbocycles. The molecule has 1 aromatic heterocycles. The summed E-state index contributed by atoms with van der Waals surface area (Å²) in [6.07, 6.45) is 7.08. The number of nitrogens with one attached hydrogen (secondary N) is 2. The van der Waals surface area contributed by atoms with Gasteiger partial charge in [-0.05, 0) is 68.5 Å². The largest absolute Gasteiger partial charge is 0.355 e. The van der Waals surface area contributed by atoms with Crippen molar-refractivity contribution >= 4 is 23.2 Å². The molecule has 6 nitrogen and oxygen atoms in total. The molecule has 4 rings (SSSR count). The molecule has 0 radical (unpaired) electrons. The normalized spacial score (nSPS) is 13.7. The Hall–Kier alpha value is -3.41. The van der Waals surface area contributed by atoms with Crippen LogP contribution in [0, 0.1) is 13.8 Å². The lowest BCUT2D eigenvalue weighted by Gasteiger charge is -2.28. The van der Waals surface area contributed by atoms with Crippen molar-refractivity contribution in [1.82, 2.24) is 9.97 Å². The van der Waals surface area contributed by atoms with Gasteiger partial charge in [0.05, 0.1) is 0 Å². The Morgan fingerprint density at radius 2 is 1.60 bits per heavy atom. The van der Waals surface area contributed by atoms with Gasteiger partial charge >= 0.3 is 6.03 Å². The van der Waals surface area contributed by atoms with Gasteiger partial charge in [-0.25, -0.2) is 9.78 Å². The van der Waals surface area contributed by atoms with E-state index in [0.717, 1.165) is 41.4 Å². The van der Waals surface area contributed by atoms with Crippen LogP contribution in [0.4, 0.5) is 22.0 Å². The minimum Gasteiger partial charge on any atom is -0.355 e. The van der Waals surface area contributed by atoms with Crippen LogP contribution in [0.2, 0.25) is 0 Å². The average Bonchev–Trinajstić information content (AvgIpc) is 2.77. The van der Waals surface area contributed by atoms with Crippen LogP contribution in [0.15, 0.2) is 54.9 Å². The summed E-state index contributed by atoms with van der Waals surface area (Å²) >= 11 is 0. The van der Waals surface area contributed by atoms with Gasteiger partial charge in [0.15, 0.2) is 5.82 Å². The molecule has 2 heterocycles. The Kier molecular flexibility index (Phi) is 5.93. The number of hydrogen-bond donors (Lipinski definition) is 2. The summed E-state index contributed by atoms with van der Waals surface area (Å²) in [7, 11) is 0. The average molecular weight is 402 g/mol. The van der Waals surface area contributed by atoms with Crippen LogP contribution in [0.5, 0.6) is 0 Å². The number of nitrogens with zero attached hydrogens (tertiary/aromatic N) is 3. The van der Waals surface area contributed by atoms with E-state index in [1.54, 1.807) is 12.4 Å². The topological polar surface area (TPSA) is 70.1 Å². The Morgan fingerprint density at radius 3 is 2.37 bits per heavy atom. The Bertz CT molecular complexity index is 1040. The maximum atomic E-state index is 12.5. The first-order valence-electron chi connectivity index (χ1n) is 10.4. The van der Waals surface area contributed by atoms with E-state index in [1.165, 1.54) is 24.8 Å². The van der Waals surface area contributed by atoms with Crippen molar-refractivity contribution in [2.75, 3.05) is 28.6 Å². The number of hydrogen-bond acceptors (Lipinski definition) is 4. The van der Waals surface area contributed by atoms with Crippen molar-refractivity contribution in [3.63, 3.8) is 0 Å². The van der Waals surface area contributed by atoms with Gasteiger partial charge in [0, 0.05) is 42.4 Å². The number of benzene rings is 2. The molecular weight excluding hydrogens is 374 g/mol. The SMILES string of the molecule is Cc1ccc(NC(=O)Nc2cccc(-c3nccnc3N3CCCCC3)c2)cc1C. The second kappa shape index (κ2) is 8.95. The van der Waals surface area contributed by atoms with Crippen LogP contribution in [0.1, 0.15) is 30.4 Å². The number of urea groups is 1. The highest BCUT2D eigenvalue weighted by Crippen LogP contribution is 2.30. The zero-order chi connectivity index (χ0) is 20.9. The monoisotopic (exact) mass is 401 g/mol. The Balaban J connectivity index is 1.52. The third kappa shape index (κ3) is 4.59. The minimum absolute atomic E-state index is 0.272. The van der Waals surface area contributed by atoms with Crippen LogP contribution in [-0.4, -0.2) is 29.1 Å². The second-order valence-corrected chi connectivity index (χ2v) is 7.74. The first-order valence-corrected chi connectivity index (χ1v) is 10.4. The molecule has 30 heavy (non-hydrogen) atoms. The predicted molar refractivity (Wildman–Crippen MR) is 122 cm³/mol. The number of aryl methyl sites for hydroxylation is 2. The van der Waals surface area contributed by atoms with Crippen LogP contribution >= 0.6 is 0 Å². The summed E-state index contributed by atoms with van der Waals surface area (Å²) in [5, 5.41) is 5.82. The maximum Gasteiger partial charge on any atom is 0.323 e. The van der Waals surface area contributed by atoms with Crippen molar-refractivity contribution < 1.29 is 4.79 Å². The van der Waals surface area contributed by atoms with E-state index in [-0.39, 0.29) is 6.03 Å². The summed E-state index contributed by atoms with van der Waals surface area (Å²) in [5.74, 6) is 0.911. The molecule has 0 bridgehead atoms. The highest BCUT2D eigenvalue weighted by molar-refractivity contribution is 6.00. The number of aromatic nitrogens is 2. The molecule has 2 amide bonds. The number of rotatable bonds is 4. The van der Waals surface area contributed by atoms with Crippen LogP contribution in [0.3, 0.4) is 0 Å². The molecule has 1 saturated heterocycles. The van der Waals surface area contributed by atoms with Crippen molar-refractivity contribution in [2.45, 2.75) is 33.1 Å². The van der Waals surface area contributed by atoms with Gasteiger partial charge in [-0.3, -0.25) is 4.98 Å². The van der Waals surface area contributed by atoms with Crippen molar-refractivity contribution in [3.8, 4) is 11.3 Å². The maximum absolute atomic E-state index is 12.5. The van der Waals surface area contributed by atoms with E-state index in [1.807, 2.05) is 49.4 Å². The van der Waals surface area contributed by atoms with Crippen LogP contribution < -0.4 is 15.5 Å². The van der Waals surface area contributed by atoms with E-state index in [0.29, 0.717) is 5.69 Å². The molecule has 1 aliphatic rings. The molecule has 154 valence electrons. The number of carbonyl (C=O) groups is 1. The van der Waals surface area contributed by atoms with Crippen molar-refractivity contribution in [2.24, 2.45) is 0 Å². The molecule has 0 aliphatic carbocycles. The van der Waals surface area contributed by atoms with E-state index in [2.05, 4.69) is 32.4 Å². The number of carbonyl (C=O) groups excluding carboxylic acids is 1. The third-order valence-electron chi connectivity index (χ3n) is 5.49. The lowest BCUT2D eigenvalue weighted by molar-refractivity contribution is 0.262. The van der Waals surface area contributed by atoms with Gasteiger partial charge in [-0.15, -0.1) is 0 Å². The molecule has 6 heteroatoms. The molecule has 2 N–H and O–H groups in total. The van der Waals surface area contributed by atoms with Gasteiger partial charge in [0.2, 0.25) is 0 Å². The Labute approximate surface area is 177 Å². The summed E-state index contributed by atoms with van der Waals surface area (Å²) < 4.78 is 0. The van der Waals surface area contributed by atoms with Gasteiger partial charge in [0.1, 0.15) is 5.69 Å². The van der Waals surface area contributed by atoms with Gasteiger partial charge in [0.25, 0.3) is 0 Å². The molecular formula is C24H27N5O. The van der Waals surface area contributed by atoms with Crippen molar-refractivity contribution in [3.05, 3.63) is 66.0 Å². The standard InChI is InChI=1S/C24H27N5O/c1-17-9-10-21(15-18(17)2)28-24(30)27-20-8-6-7-19(16-20)22-23(26-12-11-25-22)29-13-4-3-5-14-29/h6-12,15-16H,3-5,13-14H2,1-2H3,(H2,27,28,30). The van der Waals surface area contributed by atoms with E-state index in [4.69, 9.17) is 0 Å². The van der Waals surface area contributed by atoms with E-state index >= 15 is 0 Å². The van der Waals surface area contributed by atoms with E-state index in [9.17, 15) is 4.79 Å². The fourth-order valence-corrected chi connectivity index (χ4v) is 3.73. The Morgan fingerprint density at radius 1 is 0.867 bits per heavy atom. The molecule has 0 unspecified atom stereocenters. The molecule has 3 aromatic rings. The summed E-state index contributed by atoms with van der Waals surface area (Å²) in [6.45, 7) is 6.09. The number of piperidine rings is 1. The molecule has 1 fully saturated rings. The summed E-state index contributed by atoms with van der Waals surface area (Å²) in [4.78, 5) is 24.0. The lowest BCUT2D eigenvalue weighted by atomic mass is 10.1. The smallest absolute Gasteiger partial charge is 0.323 e. The lowest BCUT2D eigenvalue weighted by Crippen LogP contribution is -2.30. The molecule has 0 atom stereocenters. The van der Waals surface area contributed by atoms with Gasteiger partial charge in [-0.2, -0.15) is 0 Å². The van der Waals surface area contributed by atoms with E-state index < -0.39 is 0 Å². The first-order chi connectivity index (χ1) is 14.6. The number of anilines is 3. The number of amides is 2.